The van der Waals surface area contributed by atoms with Crippen LogP contribution in [0.4, 0.5) is 0 Å². The largest absolute Gasteiger partial charge is 0.297 e. The van der Waals surface area contributed by atoms with Crippen molar-refractivity contribution < 1.29 is 9.59 Å². The van der Waals surface area contributed by atoms with E-state index in [0.717, 1.165) is 54.3 Å². The first-order valence-corrected chi connectivity index (χ1v) is 23.4. The monoisotopic (exact) mass is 884 g/mol. The summed E-state index contributed by atoms with van der Waals surface area (Å²) in [4.78, 5) is 25.9. The second-order valence-electron chi connectivity index (χ2n) is 15.5. The minimum Gasteiger partial charge on any atom is -0.297 e. The molecule has 66 heavy (non-hydrogen) atoms. The molecule has 0 amide bonds. The summed E-state index contributed by atoms with van der Waals surface area (Å²) in [6.07, 6.45) is 1.82. The Hall–Kier alpha value is -8.02. The zero-order valence-electron chi connectivity index (χ0n) is 36.0. The molecule has 0 N–H and O–H groups in total. The molecule has 0 saturated heterocycles. The van der Waals surface area contributed by atoms with Gasteiger partial charge < -0.3 is 0 Å². The van der Waals surface area contributed by atoms with E-state index in [1.807, 2.05) is 24.3 Å². The average Bonchev–Trinajstić information content (AvgIpc) is 4.10. The Kier molecular flexibility index (Phi) is 13.8. The summed E-state index contributed by atoms with van der Waals surface area (Å²) in [5, 5.41) is 0. The fourth-order valence-electron chi connectivity index (χ4n) is 8.20. The van der Waals surface area contributed by atoms with E-state index < -0.39 is 0 Å². The molecule has 10 aromatic rings. The molecule has 2 nitrogen and oxygen atoms in total. The van der Waals surface area contributed by atoms with Gasteiger partial charge in [0.15, 0.2) is 12.6 Å². The summed E-state index contributed by atoms with van der Waals surface area (Å²) >= 11 is 3.03. The molecular formula is C62H44O2S2. The Morgan fingerprint density at radius 2 is 0.455 bits per heavy atom. The number of thiophene rings is 2. The van der Waals surface area contributed by atoms with Crippen LogP contribution in [0.3, 0.4) is 0 Å². The molecule has 0 atom stereocenters. The topological polar surface area (TPSA) is 34.1 Å². The Bertz CT molecular complexity index is 2900. The molecule has 4 heteroatoms. The van der Waals surface area contributed by atoms with Crippen molar-refractivity contribution in [1.29, 1.82) is 0 Å². The van der Waals surface area contributed by atoms with E-state index in [-0.39, 0.29) is 0 Å². The van der Waals surface area contributed by atoms with Crippen LogP contribution < -0.4 is 0 Å². The number of hydrogen-bond acceptors (Lipinski definition) is 4. The zero-order valence-corrected chi connectivity index (χ0v) is 37.7. The summed E-state index contributed by atoms with van der Waals surface area (Å²) < 4.78 is 0. The van der Waals surface area contributed by atoms with E-state index in [1.165, 1.54) is 78.3 Å². The van der Waals surface area contributed by atoms with Crippen LogP contribution in [-0.2, 0) is 0 Å². The number of rotatable bonds is 12. The smallest absolute Gasteiger partial charge is 0.160 e. The SMILES string of the molecule is O=Cc1ccc(-c2ccc(C(=C(c3ccccc3)c3ccccc3)c3ccccc3)cc2)s1.O=Cc1ccc(-c2ccc(C(=C(c3ccccc3)c3ccccc3)c3ccccc3)cc2)s1. The number of aldehydes is 2. The standard InChI is InChI=1S/2C31H22OS/c2*32-22-28-20-21-29(33-28)23-16-18-27(19-17-23)31(26-14-8-3-9-15-26)30(24-10-4-1-5-11-24)25-12-6-2-7-13-25/h2*1-22H. The summed E-state index contributed by atoms with van der Waals surface area (Å²) in [7, 11) is 0. The van der Waals surface area contributed by atoms with E-state index >= 15 is 0 Å². The molecular weight excluding hydrogens is 841 g/mol. The van der Waals surface area contributed by atoms with Crippen molar-refractivity contribution in [2.75, 3.05) is 0 Å². The van der Waals surface area contributed by atoms with Crippen molar-refractivity contribution in [3.8, 4) is 20.9 Å². The third-order valence-electron chi connectivity index (χ3n) is 11.3. The van der Waals surface area contributed by atoms with E-state index in [9.17, 15) is 9.59 Å². The van der Waals surface area contributed by atoms with E-state index in [2.05, 4.69) is 231 Å². The maximum absolute atomic E-state index is 11.1. The highest BCUT2D eigenvalue weighted by Gasteiger charge is 2.18. The molecule has 8 aromatic carbocycles. The Morgan fingerprint density at radius 3 is 0.652 bits per heavy atom. The quantitative estimate of drug-likeness (QED) is 0.0905. The van der Waals surface area contributed by atoms with Gasteiger partial charge in [-0.05, 0) is 102 Å². The number of carbonyl (C=O) groups is 2. The summed E-state index contributed by atoms with van der Waals surface area (Å²) in [6.45, 7) is 0. The average molecular weight is 885 g/mol. The number of benzene rings is 8. The molecule has 0 bridgehead atoms. The van der Waals surface area contributed by atoms with Gasteiger partial charge in [-0.3, -0.25) is 9.59 Å². The van der Waals surface area contributed by atoms with Gasteiger partial charge >= 0.3 is 0 Å². The van der Waals surface area contributed by atoms with Gasteiger partial charge in [0.25, 0.3) is 0 Å². The fourth-order valence-corrected chi connectivity index (χ4v) is 9.85. The Morgan fingerprint density at radius 1 is 0.242 bits per heavy atom. The highest BCUT2D eigenvalue weighted by Crippen LogP contribution is 2.40. The molecule has 0 saturated carbocycles. The zero-order chi connectivity index (χ0) is 44.9. The first-order chi connectivity index (χ1) is 32.7. The first-order valence-electron chi connectivity index (χ1n) is 21.8. The summed E-state index contributed by atoms with van der Waals surface area (Å²) in [5.41, 5.74) is 16.4. The minimum atomic E-state index is 0.745. The van der Waals surface area contributed by atoms with Crippen LogP contribution in [0.25, 0.3) is 43.2 Å². The van der Waals surface area contributed by atoms with Crippen LogP contribution in [0, 0.1) is 0 Å². The maximum atomic E-state index is 11.1. The first kappa shape index (κ1) is 43.2. The lowest BCUT2D eigenvalue weighted by molar-refractivity contribution is 0.111. The van der Waals surface area contributed by atoms with Crippen LogP contribution in [0.2, 0.25) is 0 Å². The highest BCUT2D eigenvalue weighted by molar-refractivity contribution is 7.17. The van der Waals surface area contributed by atoms with Crippen molar-refractivity contribution in [3.63, 3.8) is 0 Å². The van der Waals surface area contributed by atoms with E-state index in [1.54, 1.807) is 0 Å². The molecule has 0 spiro atoms. The minimum absolute atomic E-state index is 0.745. The molecule has 2 aromatic heterocycles. The highest BCUT2D eigenvalue weighted by atomic mass is 32.1. The molecule has 0 radical (unpaired) electrons. The molecule has 10 rings (SSSR count). The van der Waals surface area contributed by atoms with Crippen LogP contribution in [0.15, 0.2) is 255 Å². The molecule has 0 aliphatic rings. The molecule has 2 heterocycles. The predicted molar refractivity (Wildman–Crippen MR) is 279 cm³/mol. The molecule has 0 unspecified atom stereocenters. The maximum Gasteiger partial charge on any atom is 0.160 e. The van der Waals surface area contributed by atoms with Gasteiger partial charge in [0.05, 0.1) is 9.75 Å². The number of hydrogen-bond donors (Lipinski definition) is 0. The van der Waals surface area contributed by atoms with Crippen molar-refractivity contribution in [2.45, 2.75) is 0 Å². The van der Waals surface area contributed by atoms with E-state index in [0.29, 0.717) is 0 Å². The van der Waals surface area contributed by atoms with Gasteiger partial charge in [0.1, 0.15) is 0 Å². The van der Waals surface area contributed by atoms with Crippen molar-refractivity contribution in [2.24, 2.45) is 0 Å². The second-order valence-corrected chi connectivity index (χ2v) is 17.7. The van der Waals surface area contributed by atoms with Gasteiger partial charge in [0.2, 0.25) is 0 Å². The second kappa shape index (κ2) is 21.1. The molecule has 316 valence electrons. The molecule has 0 aliphatic carbocycles. The normalized spacial score (nSPS) is 10.5. The lowest BCUT2D eigenvalue weighted by atomic mass is 9.85. The van der Waals surface area contributed by atoms with Gasteiger partial charge in [-0.25, -0.2) is 0 Å². The van der Waals surface area contributed by atoms with E-state index in [4.69, 9.17) is 0 Å². The van der Waals surface area contributed by atoms with Crippen LogP contribution in [-0.4, -0.2) is 12.6 Å². The lowest BCUT2D eigenvalue weighted by Gasteiger charge is -2.18. The Balaban J connectivity index is 0.000000166. The Labute approximate surface area is 394 Å². The van der Waals surface area contributed by atoms with Gasteiger partial charge in [-0.15, -0.1) is 22.7 Å². The van der Waals surface area contributed by atoms with Gasteiger partial charge in [-0.1, -0.05) is 231 Å². The van der Waals surface area contributed by atoms with Crippen LogP contribution >= 0.6 is 22.7 Å². The van der Waals surface area contributed by atoms with Crippen molar-refractivity contribution in [1.82, 2.24) is 0 Å². The van der Waals surface area contributed by atoms with Gasteiger partial charge in [-0.2, -0.15) is 0 Å². The molecule has 0 fully saturated rings. The van der Waals surface area contributed by atoms with Gasteiger partial charge in [0, 0.05) is 9.75 Å². The number of carbonyl (C=O) groups excluding carboxylic acids is 2. The summed E-state index contributed by atoms with van der Waals surface area (Å²) in [6, 6.07) is 88.5. The lowest BCUT2D eigenvalue weighted by Crippen LogP contribution is -1.97. The summed E-state index contributed by atoms with van der Waals surface area (Å²) in [5.74, 6) is 0. The molecule has 0 aliphatic heterocycles. The predicted octanol–water partition coefficient (Wildman–Crippen LogP) is 16.5. The van der Waals surface area contributed by atoms with Crippen LogP contribution in [0.5, 0.6) is 0 Å². The van der Waals surface area contributed by atoms with Crippen LogP contribution in [0.1, 0.15) is 63.9 Å². The van der Waals surface area contributed by atoms with Crippen molar-refractivity contribution >= 4 is 57.5 Å². The third-order valence-corrected chi connectivity index (χ3v) is 13.4. The van der Waals surface area contributed by atoms with Crippen molar-refractivity contribution in [3.05, 3.63) is 309 Å². The fraction of sp³-hybridized carbons (Fsp3) is 0. The third kappa shape index (κ3) is 10.0.